The predicted molar refractivity (Wildman–Crippen MR) is 122 cm³/mol. The van der Waals surface area contributed by atoms with Crippen LogP contribution in [0.5, 0.6) is 5.75 Å². The fourth-order valence-electron chi connectivity index (χ4n) is 3.56. The molecule has 0 radical (unpaired) electrons. The molecule has 0 saturated heterocycles. The Morgan fingerprint density at radius 2 is 1.84 bits per heavy atom. The zero-order valence-electron chi connectivity index (χ0n) is 17.0. The van der Waals surface area contributed by atoms with Gasteiger partial charge in [0, 0.05) is 10.4 Å². The first-order chi connectivity index (χ1) is 15.1. The Labute approximate surface area is 182 Å². The molecule has 0 saturated carbocycles. The highest BCUT2D eigenvalue weighted by Gasteiger charge is 2.16. The summed E-state index contributed by atoms with van der Waals surface area (Å²) in [6.07, 6.45) is 3.16. The average Bonchev–Trinajstić information content (AvgIpc) is 3.41. The minimum Gasteiger partial charge on any atom is -0.497 e. The van der Waals surface area contributed by atoms with Gasteiger partial charge in [0.15, 0.2) is 0 Å². The molecule has 0 atom stereocenters. The van der Waals surface area contributed by atoms with Gasteiger partial charge in [-0.25, -0.2) is 9.97 Å². The van der Waals surface area contributed by atoms with E-state index in [-0.39, 0.29) is 12.1 Å². The van der Waals surface area contributed by atoms with Crippen molar-refractivity contribution in [3.63, 3.8) is 0 Å². The van der Waals surface area contributed by atoms with Crippen LogP contribution in [-0.2, 0) is 6.54 Å². The van der Waals surface area contributed by atoms with Crippen molar-refractivity contribution < 1.29 is 9.15 Å². The summed E-state index contributed by atoms with van der Waals surface area (Å²) in [6, 6.07) is 17.5. The molecule has 154 valence electrons. The van der Waals surface area contributed by atoms with E-state index in [4.69, 9.17) is 9.15 Å². The summed E-state index contributed by atoms with van der Waals surface area (Å²) in [5, 5.41) is 0.658. The lowest BCUT2D eigenvalue weighted by Gasteiger charge is -2.03. The molecule has 2 aromatic carbocycles. The Balaban J connectivity index is 1.47. The maximum absolute atomic E-state index is 13.2. The lowest BCUT2D eigenvalue weighted by Crippen LogP contribution is -2.21. The Hall–Kier alpha value is -3.71. The minimum absolute atomic E-state index is 0.0741. The van der Waals surface area contributed by atoms with Crippen molar-refractivity contribution in [3.05, 3.63) is 88.8 Å². The Kier molecular flexibility index (Phi) is 4.88. The summed E-state index contributed by atoms with van der Waals surface area (Å²) in [7, 11) is 1.62. The van der Waals surface area contributed by atoms with E-state index in [1.54, 1.807) is 35.6 Å². The van der Waals surface area contributed by atoms with E-state index in [1.165, 1.54) is 0 Å². The van der Waals surface area contributed by atoms with Crippen molar-refractivity contribution in [1.82, 2.24) is 14.5 Å². The van der Waals surface area contributed by atoms with Crippen LogP contribution in [0.15, 0.2) is 76.4 Å². The van der Waals surface area contributed by atoms with Gasteiger partial charge in [-0.3, -0.25) is 9.36 Å². The average molecular weight is 430 g/mol. The van der Waals surface area contributed by atoms with E-state index >= 15 is 0 Å². The molecule has 0 fully saturated rings. The number of benzene rings is 2. The monoisotopic (exact) mass is 429 g/mol. The third kappa shape index (κ3) is 3.53. The molecular formula is C24H19N3O3S. The molecular weight excluding hydrogens is 410 g/mol. The van der Waals surface area contributed by atoms with Crippen LogP contribution < -0.4 is 10.3 Å². The van der Waals surface area contributed by atoms with Gasteiger partial charge in [-0.15, -0.1) is 11.3 Å². The van der Waals surface area contributed by atoms with Gasteiger partial charge in [0.25, 0.3) is 5.56 Å². The molecule has 0 amide bonds. The first-order valence-corrected chi connectivity index (χ1v) is 10.6. The first kappa shape index (κ1) is 19.3. The fourth-order valence-corrected chi connectivity index (χ4v) is 4.70. The summed E-state index contributed by atoms with van der Waals surface area (Å²) < 4.78 is 12.4. The number of methoxy groups -OCH3 is 1. The number of fused-ring (bicyclic) bond motifs is 1. The lowest BCUT2D eigenvalue weighted by atomic mass is 10.1. The molecule has 7 heteroatoms. The zero-order valence-corrected chi connectivity index (χ0v) is 17.8. The van der Waals surface area contributed by atoms with Crippen molar-refractivity contribution in [3.8, 4) is 27.6 Å². The van der Waals surface area contributed by atoms with Gasteiger partial charge >= 0.3 is 0 Å². The van der Waals surface area contributed by atoms with Gasteiger partial charge < -0.3 is 9.15 Å². The Morgan fingerprint density at radius 1 is 1.06 bits per heavy atom. The quantitative estimate of drug-likeness (QED) is 0.387. The van der Waals surface area contributed by atoms with Crippen LogP contribution in [0.3, 0.4) is 0 Å². The number of hydrogen-bond acceptors (Lipinski definition) is 6. The van der Waals surface area contributed by atoms with Gasteiger partial charge in [0.05, 0.1) is 31.1 Å². The second-order valence-corrected chi connectivity index (χ2v) is 8.15. The second kappa shape index (κ2) is 7.85. The third-order valence-corrected chi connectivity index (χ3v) is 6.42. The number of nitrogens with zero attached hydrogens (tertiary/aromatic N) is 3. The Morgan fingerprint density at radius 3 is 2.58 bits per heavy atom. The molecule has 3 aromatic heterocycles. The minimum atomic E-state index is -0.0741. The second-order valence-electron chi connectivity index (χ2n) is 7.15. The van der Waals surface area contributed by atoms with Crippen molar-refractivity contribution >= 4 is 21.6 Å². The molecule has 0 aliphatic rings. The first-order valence-electron chi connectivity index (χ1n) is 9.77. The van der Waals surface area contributed by atoms with E-state index in [0.717, 1.165) is 32.1 Å². The van der Waals surface area contributed by atoms with Gasteiger partial charge in [-0.1, -0.05) is 30.3 Å². The van der Waals surface area contributed by atoms with Crippen LogP contribution in [0.4, 0.5) is 0 Å². The molecule has 3 heterocycles. The van der Waals surface area contributed by atoms with Crippen LogP contribution >= 0.6 is 11.3 Å². The van der Waals surface area contributed by atoms with Gasteiger partial charge in [0.1, 0.15) is 16.8 Å². The zero-order chi connectivity index (χ0) is 21.4. The highest BCUT2D eigenvalue weighted by molar-refractivity contribution is 7.22. The maximum Gasteiger partial charge on any atom is 0.262 e. The van der Waals surface area contributed by atoms with E-state index in [2.05, 4.69) is 9.97 Å². The van der Waals surface area contributed by atoms with E-state index in [0.29, 0.717) is 17.0 Å². The maximum atomic E-state index is 13.2. The van der Waals surface area contributed by atoms with Crippen LogP contribution in [0.1, 0.15) is 11.3 Å². The third-order valence-electron chi connectivity index (χ3n) is 5.17. The van der Waals surface area contributed by atoms with Crippen molar-refractivity contribution in [2.75, 3.05) is 7.11 Å². The van der Waals surface area contributed by atoms with Crippen molar-refractivity contribution in [2.45, 2.75) is 13.5 Å². The van der Waals surface area contributed by atoms with Gasteiger partial charge in [-0.2, -0.15) is 0 Å². The number of oxazole rings is 1. The molecule has 0 N–H and O–H groups in total. The molecule has 0 unspecified atom stereocenters. The summed E-state index contributed by atoms with van der Waals surface area (Å²) in [5.74, 6) is 1.26. The topological polar surface area (TPSA) is 70.2 Å². The molecule has 31 heavy (non-hydrogen) atoms. The standard InChI is InChI=1S/C24H19N3O3S/c1-15-20-23(31-21(15)16-6-4-3-5-7-16)25-14-27(24(20)28)12-18-13-30-22(26-18)17-8-10-19(29-2)11-9-17/h3-11,13-14H,12H2,1-2H3. The molecule has 6 nitrogen and oxygen atoms in total. The van der Waals surface area contributed by atoms with Crippen molar-refractivity contribution in [2.24, 2.45) is 0 Å². The molecule has 5 aromatic rings. The van der Waals surface area contributed by atoms with Crippen molar-refractivity contribution in [1.29, 1.82) is 0 Å². The highest BCUT2D eigenvalue weighted by Crippen LogP contribution is 2.35. The molecule has 0 aliphatic carbocycles. The number of thiophene rings is 1. The predicted octanol–water partition coefficient (Wildman–Crippen LogP) is 5.15. The van der Waals surface area contributed by atoms with Gasteiger partial charge in [0.2, 0.25) is 5.89 Å². The number of hydrogen-bond donors (Lipinski definition) is 0. The van der Waals surface area contributed by atoms with E-state index < -0.39 is 0 Å². The SMILES string of the molecule is COc1ccc(-c2nc(Cn3cnc4sc(-c5ccccc5)c(C)c4c3=O)co2)cc1. The van der Waals surface area contributed by atoms with E-state index in [9.17, 15) is 4.79 Å². The molecule has 0 aliphatic heterocycles. The normalized spacial score (nSPS) is 11.2. The van der Waals surface area contributed by atoms with Gasteiger partial charge in [-0.05, 0) is 42.3 Å². The number of ether oxygens (including phenoxy) is 1. The Bertz CT molecular complexity index is 1420. The molecule has 0 bridgehead atoms. The van der Waals surface area contributed by atoms with Crippen LogP contribution in [-0.4, -0.2) is 21.6 Å². The number of rotatable bonds is 5. The number of aromatic nitrogens is 3. The number of aryl methyl sites for hydroxylation is 1. The lowest BCUT2D eigenvalue weighted by molar-refractivity contribution is 0.415. The molecule has 0 spiro atoms. The van der Waals surface area contributed by atoms with Crippen LogP contribution in [0, 0.1) is 6.92 Å². The highest BCUT2D eigenvalue weighted by atomic mass is 32.1. The summed E-state index contributed by atoms with van der Waals surface area (Å²) in [5.41, 5.74) is 3.47. The summed E-state index contributed by atoms with van der Waals surface area (Å²) >= 11 is 1.54. The largest absolute Gasteiger partial charge is 0.497 e. The van der Waals surface area contributed by atoms with Crippen LogP contribution in [0.25, 0.3) is 32.1 Å². The molecule has 5 rings (SSSR count). The summed E-state index contributed by atoms with van der Waals surface area (Å²) in [4.78, 5) is 24.1. The smallest absolute Gasteiger partial charge is 0.262 e. The van der Waals surface area contributed by atoms with Crippen LogP contribution in [0.2, 0.25) is 0 Å². The van der Waals surface area contributed by atoms with E-state index in [1.807, 2.05) is 61.5 Å². The summed E-state index contributed by atoms with van der Waals surface area (Å²) in [6.45, 7) is 2.27. The fraction of sp³-hybridized carbons (Fsp3) is 0.125.